The number of nitrogens with two attached hydrogens (primary N) is 1. The summed E-state index contributed by atoms with van der Waals surface area (Å²) in [7, 11) is 0. The SMILES string of the molecule is NC1(CCCO)CCC(Oc2cc3cc[nH]c(=O)c3cc2Cl)CC1. The Bertz CT molecular complexity index is 766. The first-order valence-corrected chi connectivity index (χ1v) is 8.76. The third kappa shape index (κ3) is 3.74. The second kappa shape index (κ2) is 7.13. The molecule has 130 valence electrons. The van der Waals surface area contributed by atoms with Crippen LogP contribution in [-0.2, 0) is 0 Å². The minimum atomic E-state index is -0.191. The highest BCUT2D eigenvalue weighted by Gasteiger charge is 2.32. The second-order valence-corrected chi connectivity index (χ2v) is 7.09. The van der Waals surface area contributed by atoms with Gasteiger partial charge in [0.1, 0.15) is 5.75 Å². The van der Waals surface area contributed by atoms with Crippen LogP contribution in [0.3, 0.4) is 0 Å². The summed E-state index contributed by atoms with van der Waals surface area (Å²) in [6, 6.07) is 5.31. The molecule has 6 heteroatoms. The summed E-state index contributed by atoms with van der Waals surface area (Å²) < 4.78 is 6.08. The monoisotopic (exact) mass is 350 g/mol. The molecule has 3 rings (SSSR count). The van der Waals surface area contributed by atoms with E-state index in [4.69, 9.17) is 27.2 Å². The van der Waals surface area contributed by atoms with Gasteiger partial charge < -0.3 is 20.6 Å². The lowest BCUT2D eigenvalue weighted by molar-refractivity contribution is 0.111. The number of aromatic nitrogens is 1. The van der Waals surface area contributed by atoms with Gasteiger partial charge in [-0.3, -0.25) is 4.79 Å². The summed E-state index contributed by atoms with van der Waals surface area (Å²) in [5, 5.41) is 10.8. The van der Waals surface area contributed by atoms with E-state index < -0.39 is 0 Å². The molecule has 1 heterocycles. The van der Waals surface area contributed by atoms with Gasteiger partial charge in [0, 0.05) is 23.7 Å². The van der Waals surface area contributed by atoms with Crippen LogP contribution in [0, 0.1) is 0 Å². The van der Waals surface area contributed by atoms with Gasteiger partial charge in [-0.25, -0.2) is 0 Å². The third-order valence-corrected chi connectivity index (χ3v) is 5.18. The van der Waals surface area contributed by atoms with Gasteiger partial charge in [0.05, 0.1) is 11.1 Å². The molecule has 1 aliphatic carbocycles. The maximum Gasteiger partial charge on any atom is 0.255 e. The molecule has 1 aromatic carbocycles. The molecule has 24 heavy (non-hydrogen) atoms. The maximum atomic E-state index is 11.8. The van der Waals surface area contributed by atoms with Gasteiger partial charge in [-0.1, -0.05) is 11.6 Å². The van der Waals surface area contributed by atoms with Crippen molar-refractivity contribution in [2.24, 2.45) is 5.73 Å². The Morgan fingerprint density at radius 1 is 1.38 bits per heavy atom. The van der Waals surface area contributed by atoms with Crippen molar-refractivity contribution in [1.82, 2.24) is 4.98 Å². The Hall–Kier alpha value is -1.56. The molecule has 1 aromatic heterocycles. The van der Waals surface area contributed by atoms with E-state index in [9.17, 15) is 4.79 Å². The number of H-pyrrole nitrogens is 1. The number of aliphatic hydroxyl groups excluding tert-OH is 1. The number of ether oxygens (including phenoxy) is 1. The predicted octanol–water partition coefficient (Wildman–Crippen LogP) is 2.97. The zero-order valence-corrected chi connectivity index (χ0v) is 14.3. The van der Waals surface area contributed by atoms with Gasteiger partial charge >= 0.3 is 0 Å². The lowest BCUT2D eigenvalue weighted by atomic mass is 9.78. The average molecular weight is 351 g/mol. The van der Waals surface area contributed by atoms with Gasteiger partial charge in [0.15, 0.2) is 0 Å². The molecule has 0 bridgehead atoms. The Morgan fingerprint density at radius 2 is 2.12 bits per heavy atom. The molecular weight excluding hydrogens is 328 g/mol. The van der Waals surface area contributed by atoms with Gasteiger partial charge in [0.25, 0.3) is 5.56 Å². The van der Waals surface area contributed by atoms with Crippen LogP contribution in [0.2, 0.25) is 5.02 Å². The molecule has 1 fully saturated rings. The number of fused-ring (bicyclic) bond motifs is 1. The Balaban J connectivity index is 1.70. The van der Waals surface area contributed by atoms with E-state index in [1.54, 1.807) is 12.3 Å². The largest absolute Gasteiger partial charge is 0.489 e. The zero-order chi connectivity index (χ0) is 17.2. The topological polar surface area (TPSA) is 88.3 Å². The maximum absolute atomic E-state index is 11.8. The lowest BCUT2D eigenvalue weighted by Crippen LogP contribution is -2.45. The predicted molar refractivity (Wildman–Crippen MR) is 95.7 cm³/mol. The number of nitrogens with one attached hydrogen (secondary N) is 1. The van der Waals surface area contributed by atoms with Gasteiger partial charge in [0.2, 0.25) is 0 Å². The van der Waals surface area contributed by atoms with E-state index in [1.165, 1.54) is 0 Å². The molecule has 0 amide bonds. The van der Waals surface area contributed by atoms with Crippen LogP contribution in [0.1, 0.15) is 38.5 Å². The fraction of sp³-hybridized carbons (Fsp3) is 0.500. The standard InChI is InChI=1S/C18H23ClN2O3/c19-15-11-14-12(4-8-21-17(14)23)10-16(15)24-13-2-6-18(20,7-3-13)5-1-9-22/h4,8,10-11,13,22H,1-3,5-7,9,20H2,(H,21,23). The molecule has 0 unspecified atom stereocenters. The molecule has 4 N–H and O–H groups in total. The number of hydrogen-bond donors (Lipinski definition) is 3. The van der Waals surface area contributed by atoms with E-state index in [0.717, 1.165) is 43.9 Å². The number of aromatic amines is 1. The lowest BCUT2D eigenvalue weighted by Gasteiger charge is -2.37. The molecule has 1 saturated carbocycles. The van der Waals surface area contributed by atoms with Crippen LogP contribution < -0.4 is 16.0 Å². The molecule has 0 aliphatic heterocycles. The molecule has 2 aromatic rings. The number of rotatable bonds is 5. The molecule has 1 aliphatic rings. The highest BCUT2D eigenvalue weighted by molar-refractivity contribution is 6.32. The first-order chi connectivity index (χ1) is 11.5. The summed E-state index contributed by atoms with van der Waals surface area (Å²) in [5.74, 6) is 0.611. The number of pyridine rings is 1. The normalized spacial score (nSPS) is 24.2. The molecule has 0 saturated heterocycles. The minimum absolute atomic E-state index is 0.0766. The molecule has 0 spiro atoms. The van der Waals surface area contributed by atoms with Crippen molar-refractivity contribution in [2.45, 2.75) is 50.2 Å². The summed E-state index contributed by atoms with van der Waals surface area (Å²) in [5.41, 5.74) is 6.04. The van der Waals surface area contributed by atoms with Crippen molar-refractivity contribution in [3.63, 3.8) is 0 Å². The van der Waals surface area contributed by atoms with Crippen LogP contribution >= 0.6 is 11.6 Å². The fourth-order valence-electron chi connectivity index (χ4n) is 3.42. The summed E-state index contributed by atoms with van der Waals surface area (Å²) >= 11 is 6.29. The highest BCUT2D eigenvalue weighted by atomic mass is 35.5. The Morgan fingerprint density at radius 3 is 2.83 bits per heavy atom. The van der Waals surface area contributed by atoms with E-state index in [1.807, 2.05) is 12.1 Å². The van der Waals surface area contributed by atoms with Gasteiger partial charge in [-0.2, -0.15) is 0 Å². The van der Waals surface area contributed by atoms with Crippen molar-refractivity contribution >= 4 is 22.4 Å². The Kier molecular flexibility index (Phi) is 5.13. The quantitative estimate of drug-likeness (QED) is 0.773. The fourth-order valence-corrected chi connectivity index (χ4v) is 3.63. The Labute approximate surface area is 145 Å². The van der Waals surface area contributed by atoms with Crippen LogP contribution in [0.25, 0.3) is 10.8 Å². The molecule has 0 atom stereocenters. The third-order valence-electron chi connectivity index (χ3n) is 4.88. The van der Waals surface area contributed by atoms with Crippen LogP contribution in [-0.4, -0.2) is 28.3 Å². The zero-order valence-electron chi connectivity index (χ0n) is 13.6. The minimum Gasteiger partial charge on any atom is -0.489 e. The van der Waals surface area contributed by atoms with Crippen LogP contribution in [0.15, 0.2) is 29.2 Å². The molecule has 0 radical (unpaired) electrons. The molecule has 5 nitrogen and oxygen atoms in total. The smallest absolute Gasteiger partial charge is 0.255 e. The first kappa shape index (κ1) is 17.3. The molecular formula is C18H23ClN2O3. The number of hydrogen-bond acceptors (Lipinski definition) is 4. The van der Waals surface area contributed by atoms with Crippen molar-refractivity contribution in [3.05, 3.63) is 39.8 Å². The number of aliphatic hydroxyl groups is 1. The van der Waals surface area contributed by atoms with Crippen molar-refractivity contribution < 1.29 is 9.84 Å². The van der Waals surface area contributed by atoms with Gasteiger partial charge in [-0.05, 0) is 62.1 Å². The van der Waals surface area contributed by atoms with E-state index in [-0.39, 0.29) is 23.8 Å². The van der Waals surface area contributed by atoms with Crippen molar-refractivity contribution in [2.75, 3.05) is 6.61 Å². The average Bonchev–Trinajstić information content (AvgIpc) is 2.57. The summed E-state index contributed by atoms with van der Waals surface area (Å²) in [4.78, 5) is 14.4. The van der Waals surface area contributed by atoms with E-state index >= 15 is 0 Å². The van der Waals surface area contributed by atoms with Crippen LogP contribution in [0.4, 0.5) is 0 Å². The van der Waals surface area contributed by atoms with Crippen LogP contribution in [0.5, 0.6) is 5.75 Å². The summed E-state index contributed by atoms with van der Waals surface area (Å²) in [6.45, 7) is 0.185. The van der Waals surface area contributed by atoms with Gasteiger partial charge in [-0.15, -0.1) is 0 Å². The van der Waals surface area contributed by atoms with E-state index in [2.05, 4.69) is 4.98 Å². The number of benzene rings is 1. The van der Waals surface area contributed by atoms with Crippen molar-refractivity contribution in [1.29, 1.82) is 0 Å². The highest BCUT2D eigenvalue weighted by Crippen LogP contribution is 2.35. The van der Waals surface area contributed by atoms with Crippen molar-refractivity contribution in [3.8, 4) is 5.75 Å². The first-order valence-electron chi connectivity index (χ1n) is 8.38. The number of halogens is 1. The second-order valence-electron chi connectivity index (χ2n) is 6.68. The summed E-state index contributed by atoms with van der Waals surface area (Å²) in [6.07, 6.45) is 6.77. The van der Waals surface area contributed by atoms with E-state index in [0.29, 0.717) is 16.2 Å².